The zero-order valence-electron chi connectivity index (χ0n) is 16.5. The van der Waals surface area contributed by atoms with E-state index in [0.29, 0.717) is 21.8 Å². The molecule has 2 heterocycles. The molecular formula is C19H19ClN6O4S. The number of carbonyl (C=O) groups excluding carboxylic acids is 1. The van der Waals surface area contributed by atoms with Gasteiger partial charge in [0.2, 0.25) is 0 Å². The molecule has 0 spiro atoms. The van der Waals surface area contributed by atoms with Gasteiger partial charge in [-0.05, 0) is 25.0 Å². The fourth-order valence-corrected chi connectivity index (χ4v) is 4.10. The Balaban J connectivity index is 1.50. The van der Waals surface area contributed by atoms with E-state index in [0.717, 1.165) is 29.2 Å². The number of para-hydroxylation sites is 1. The Bertz CT molecular complexity index is 1260. The number of aromatic amines is 1. The van der Waals surface area contributed by atoms with E-state index in [9.17, 15) is 14.4 Å². The number of nitrogens with one attached hydrogen (secondary N) is 1. The number of hydrogen-bond acceptors (Lipinski definition) is 8. The molecule has 0 aliphatic heterocycles. The molecule has 0 radical (unpaired) electrons. The minimum Gasteiger partial charge on any atom is -0.484 e. The molecule has 1 aliphatic rings. The Hall–Kier alpha value is -3.05. The normalized spacial score (nSPS) is 13.4. The molecule has 0 bridgehead atoms. The highest BCUT2D eigenvalue weighted by atomic mass is 35.5. The number of ether oxygens (including phenoxy) is 1. The first-order valence-corrected chi connectivity index (χ1v) is 10.8. The van der Waals surface area contributed by atoms with E-state index in [1.165, 1.54) is 7.05 Å². The molecule has 0 saturated heterocycles. The van der Waals surface area contributed by atoms with Crippen molar-refractivity contribution in [2.45, 2.75) is 30.6 Å². The molecule has 162 valence electrons. The molecule has 4 rings (SSSR count). The lowest BCUT2D eigenvalue weighted by atomic mass is 10.2. The van der Waals surface area contributed by atoms with Gasteiger partial charge in [-0.1, -0.05) is 35.5 Å². The molecule has 1 fully saturated rings. The summed E-state index contributed by atoms with van der Waals surface area (Å²) in [6, 6.07) is 7.39. The zero-order valence-corrected chi connectivity index (χ0v) is 18.1. The SMILES string of the molecule is Cn1c(N)c(C(=O)CSc2nnc(COc3ccccc3Cl)n2C2CC2)c(=O)[nH]c1=O. The van der Waals surface area contributed by atoms with Crippen LogP contribution in [0.3, 0.4) is 0 Å². The number of ketones is 1. The van der Waals surface area contributed by atoms with E-state index >= 15 is 0 Å². The van der Waals surface area contributed by atoms with Gasteiger partial charge in [0.15, 0.2) is 16.8 Å². The van der Waals surface area contributed by atoms with Crippen LogP contribution in [-0.2, 0) is 13.7 Å². The number of nitrogens with two attached hydrogens (primary N) is 1. The van der Waals surface area contributed by atoms with Crippen molar-refractivity contribution in [3.8, 4) is 5.75 Å². The van der Waals surface area contributed by atoms with Crippen molar-refractivity contribution in [1.29, 1.82) is 0 Å². The molecule has 1 aliphatic carbocycles. The highest BCUT2D eigenvalue weighted by Crippen LogP contribution is 2.39. The molecule has 3 N–H and O–H groups in total. The highest BCUT2D eigenvalue weighted by Gasteiger charge is 2.30. The molecule has 0 atom stereocenters. The van der Waals surface area contributed by atoms with Crippen LogP contribution in [0.4, 0.5) is 5.82 Å². The lowest BCUT2D eigenvalue weighted by Gasteiger charge is -2.11. The summed E-state index contributed by atoms with van der Waals surface area (Å²) in [4.78, 5) is 38.4. The maximum Gasteiger partial charge on any atom is 0.329 e. The fraction of sp³-hybridized carbons (Fsp3) is 0.316. The molecule has 12 heteroatoms. The van der Waals surface area contributed by atoms with Gasteiger partial charge in [0.1, 0.15) is 23.7 Å². The second-order valence-electron chi connectivity index (χ2n) is 7.01. The number of benzene rings is 1. The van der Waals surface area contributed by atoms with Crippen LogP contribution in [0.1, 0.15) is 35.1 Å². The second-order valence-corrected chi connectivity index (χ2v) is 8.36. The van der Waals surface area contributed by atoms with E-state index in [2.05, 4.69) is 15.2 Å². The number of halogens is 1. The molecule has 31 heavy (non-hydrogen) atoms. The number of aromatic nitrogens is 5. The van der Waals surface area contributed by atoms with Crippen molar-refractivity contribution in [3.63, 3.8) is 0 Å². The minimum absolute atomic E-state index is 0.0816. The first kappa shape index (κ1) is 21.2. The molecular weight excluding hydrogens is 444 g/mol. The smallest absolute Gasteiger partial charge is 0.329 e. The van der Waals surface area contributed by atoms with Crippen molar-refractivity contribution in [2.24, 2.45) is 7.05 Å². The van der Waals surface area contributed by atoms with Gasteiger partial charge in [0, 0.05) is 13.1 Å². The number of anilines is 1. The van der Waals surface area contributed by atoms with Crippen molar-refractivity contribution < 1.29 is 9.53 Å². The lowest BCUT2D eigenvalue weighted by Crippen LogP contribution is -2.35. The van der Waals surface area contributed by atoms with Crippen LogP contribution in [-0.4, -0.2) is 35.9 Å². The largest absolute Gasteiger partial charge is 0.484 e. The van der Waals surface area contributed by atoms with Crippen LogP contribution < -0.4 is 21.7 Å². The maximum atomic E-state index is 12.6. The summed E-state index contributed by atoms with van der Waals surface area (Å²) in [7, 11) is 1.38. The molecule has 1 aromatic carbocycles. The molecule has 10 nitrogen and oxygen atoms in total. The first-order valence-electron chi connectivity index (χ1n) is 9.42. The molecule has 0 unspecified atom stereocenters. The Kier molecular flexibility index (Phi) is 5.88. The zero-order chi connectivity index (χ0) is 22.1. The van der Waals surface area contributed by atoms with Crippen LogP contribution in [0.2, 0.25) is 5.02 Å². The third-order valence-electron chi connectivity index (χ3n) is 4.82. The van der Waals surface area contributed by atoms with Crippen molar-refractivity contribution in [3.05, 3.63) is 61.5 Å². The Labute approximate surface area is 185 Å². The topological polar surface area (TPSA) is 138 Å². The van der Waals surface area contributed by atoms with Gasteiger partial charge >= 0.3 is 5.69 Å². The number of nitrogen functional groups attached to an aromatic ring is 1. The standard InChI is InChI=1S/C19H19ClN6O4S/c1-25-16(21)15(17(28)22-18(25)29)12(27)9-31-19-24-23-14(26(19)10-6-7-10)8-30-13-5-3-2-4-11(13)20/h2-5,10H,6-9,21H2,1H3,(H,22,28,29). The number of hydrogen-bond donors (Lipinski definition) is 2. The predicted molar refractivity (Wildman–Crippen MR) is 116 cm³/mol. The van der Waals surface area contributed by atoms with Gasteiger partial charge in [0.05, 0.1) is 10.8 Å². The minimum atomic E-state index is -0.802. The van der Waals surface area contributed by atoms with Crippen molar-refractivity contribution in [1.82, 2.24) is 24.3 Å². The summed E-state index contributed by atoms with van der Waals surface area (Å²) < 4.78 is 8.75. The van der Waals surface area contributed by atoms with E-state index < -0.39 is 17.0 Å². The van der Waals surface area contributed by atoms with Crippen LogP contribution in [0, 0.1) is 0 Å². The number of rotatable bonds is 8. The van der Waals surface area contributed by atoms with Crippen LogP contribution in [0.5, 0.6) is 5.75 Å². The number of nitrogens with zero attached hydrogens (tertiary/aromatic N) is 4. The molecule has 2 aromatic heterocycles. The third-order valence-corrected chi connectivity index (χ3v) is 6.08. The van der Waals surface area contributed by atoms with E-state index in [4.69, 9.17) is 22.1 Å². The first-order chi connectivity index (χ1) is 14.9. The summed E-state index contributed by atoms with van der Waals surface area (Å²) in [6.45, 7) is 0.176. The van der Waals surface area contributed by atoms with E-state index in [-0.39, 0.29) is 29.8 Å². The van der Waals surface area contributed by atoms with Gasteiger partial charge in [-0.3, -0.25) is 23.7 Å². The van der Waals surface area contributed by atoms with Crippen LogP contribution >= 0.6 is 23.4 Å². The summed E-state index contributed by atoms with van der Waals surface area (Å²) in [5.41, 5.74) is 4.08. The summed E-state index contributed by atoms with van der Waals surface area (Å²) in [5, 5.41) is 9.45. The van der Waals surface area contributed by atoms with Crippen molar-refractivity contribution >= 4 is 35.0 Å². The van der Waals surface area contributed by atoms with Gasteiger partial charge in [-0.15, -0.1) is 10.2 Å². The summed E-state index contributed by atoms with van der Waals surface area (Å²) in [6.07, 6.45) is 1.96. The van der Waals surface area contributed by atoms with Gasteiger partial charge < -0.3 is 10.5 Å². The number of carbonyl (C=O) groups is 1. The number of thioether (sulfide) groups is 1. The van der Waals surface area contributed by atoms with E-state index in [1.54, 1.807) is 12.1 Å². The van der Waals surface area contributed by atoms with Gasteiger partial charge in [-0.25, -0.2) is 4.79 Å². The average molecular weight is 463 g/mol. The quantitative estimate of drug-likeness (QED) is 0.381. The Morgan fingerprint density at radius 1 is 1.32 bits per heavy atom. The number of H-pyrrole nitrogens is 1. The monoisotopic (exact) mass is 462 g/mol. The van der Waals surface area contributed by atoms with Crippen LogP contribution in [0.15, 0.2) is 39.0 Å². The number of Topliss-reactive ketones (excluding diaryl/α,β-unsaturated/α-hetero) is 1. The lowest BCUT2D eigenvalue weighted by molar-refractivity contribution is 0.102. The Morgan fingerprint density at radius 3 is 2.77 bits per heavy atom. The van der Waals surface area contributed by atoms with Gasteiger partial charge in [0.25, 0.3) is 5.56 Å². The average Bonchev–Trinajstić information content (AvgIpc) is 3.50. The highest BCUT2D eigenvalue weighted by molar-refractivity contribution is 7.99. The fourth-order valence-electron chi connectivity index (χ4n) is 3.02. The van der Waals surface area contributed by atoms with Gasteiger partial charge in [-0.2, -0.15) is 0 Å². The second kappa shape index (κ2) is 8.60. The predicted octanol–water partition coefficient (Wildman–Crippen LogP) is 1.79. The van der Waals surface area contributed by atoms with E-state index in [1.807, 2.05) is 16.7 Å². The van der Waals surface area contributed by atoms with Crippen LogP contribution in [0.25, 0.3) is 0 Å². The maximum absolute atomic E-state index is 12.6. The summed E-state index contributed by atoms with van der Waals surface area (Å²) in [5.74, 6) is 0.414. The Morgan fingerprint density at radius 2 is 2.06 bits per heavy atom. The third kappa shape index (κ3) is 4.37. The van der Waals surface area contributed by atoms with Crippen molar-refractivity contribution in [2.75, 3.05) is 11.5 Å². The molecule has 3 aromatic rings. The summed E-state index contributed by atoms with van der Waals surface area (Å²) >= 11 is 7.28. The molecule has 1 saturated carbocycles. The molecule has 0 amide bonds.